The Morgan fingerprint density at radius 1 is 1.14 bits per heavy atom. The average molecular weight is 509 g/mol. The molecule has 1 aliphatic rings. The Hall–Kier alpha value is -3.55. The molecular formula is C22H24N2O10S. The predicted octanol–water partition coefficient (Wildman–Crippen LogP) is 0.487. The van der Waals surface area contributed by atoms with Crippen LogP contribution in [-0.4, -0.2) is 54.8 Å². The number of aromatic nitrogens is 2. The fourth-order valence-corrected chi connectivity index (χ4v) is 4.76. The highest BCUT2D eigenvalue weighted by Crippen LogP contribution is 2.35. The van der Waals surface area contributed by atoms with Crippen molar-refractivity contribution < 1.29 is 36.4 Å². The number of nitrogens with zero attached hydrogens (tertiary/aromatic N) is 1. The third kappa shape index (κ3) is 6.53. The third-order valence-corrected chi connectivity index (χ3v) is 6.17. The minimum Gasteiger partial charge on any atom is -0.463 e. The molecule has 0 unspecified atom stereocenters. The maximum atomic E-state index is 12.9. The summed E-state index contributed by atoms with van der Waals surface area (Å²) in [6.07, 6.45) is -3.29. The van der Waals surface area contributed by atoms with Crippen molar-refractivity contribution in [3.8, 4) is 0 Å². The lowest BCUT2D eigenvalue weighted by Crippen LogP contribution is -2.43. The van der Waals surface area contributed by atoms with Gasteiger partial charge in [-0.3, -0.25) is 28.1 Å². The molecule has 0 spiro atoms. The van der Waals surface area contributed by atoms with Crippen LogP contribution in [0.2, 0.25) is 0 Å². The number of nitrogens with one attached hydrogen (secondary N) is 1. The lowest BCUT2D eigenvalue weighted by molar-refractivity contribution is -0.155. The Balaban J connectivity index is 2.02. The third-order valence-electron chi connectivity index (χ3n) is 4.97. The second-order valence-electron chi connectivity index (χ2n) is 7.65. The number of H-pyrrole nitrogens is 1. The van der Waals surface area contributed by atoms with Crippen molar-refractivity contribution in [2.45, 2.75) is 44.1 Å². The minimum absolute atomic E-state index is 0.00683. The highest BCUT2D eigenvalue weighted by atomic mass is 32.2. The molecule has 1 fully saturated rings. The van der Waals surface area contributed by atoms with Gasteiger partial charge in [-0.2, -0.15) is 8.42 Å². The Morgan fingerprint density at radius 3 is 2.43 bits per heavy atom. The summed E-state index contributed by atoms with van der Waals surface area (Å²) >= 11 is 0. The molecule has 1 aromatic heterocycles. The second kappa shape index (κ2) is 10.8. The molecule has 2 aromatic rings. The minimum atomic E-state index is -4.27. The van der Waals surface area contributed by atoms with E-state index < -0.39 is 70.2 Å². The fraction of sp³-hybridized carbons (Fsp3) is 0.364. The van der Waals surface area contributed by atoms with Gasteiger partial charge < -0.3 is 14.2 Å². The maximum Gasteiger partial charge on any atom is 0.330 e. The van der Waals surface area contributed by atoms with Crippen molar-refractivity contribution in [2.24, 2.45) is 0 Å². The quantitative estimate of drug-likeness (QED) is 0.373. The SMILES string of the molecule is C=Cc1cn([C@@H]2O[C@H](COC(C)=O)[C@H](OS(=O)(=O)Cc3ccccc3)[C@H]2OC(C)=O)c(=O)[nH]c1=O. The molecule has 35 heavy (non-hydrogen) atoms. The summed E-state index contributed by atoms with van der Waals surface area (Å²) < 4.78 is 48.2. The highest BCUT2D eigenvalue weighted by molar-refractivity contribution is 7.85. The second-order valence-corrected chi connectivity index (χ2v) is 9.24. The van der Waals surface area contributed by atoms with Gasteiger partial charge in [0, 0.05) is 20.0 Å². The zero-order valence-corrected chi connectivity index (χ0v) is 19.7. The summed E-state index contributed by atoms with van der Waals surface area (Å²) in [6.45, 7) is 5.26. The summed E-state index contributed by atoms with van der Waals surface area (Å²) in [5.74, 6) is -1.99. The van der Waals surface area contributed by atoms with Crippen LogP contribution >= 0.6 is 0 Å². The molecule has 1 N–H and O–H groups in total. The normalized spacial score (nSPS) is 21.9. The first-order chi connectivity index (χ1) is 16.5. The lowest BCUT2D eigenvalue weighted by atomic mass is 10.1. The summed E-state index contributed by atoms with van der Waals surface area (Å²) in [7, 11) is -4.27. The van der Waals surface area contributed by atoms with Crippen LogP contribution in [0.15, 0.2) is 52.7 Å². The maximum absolute atomic E-state index is 12.9. The van der Waals surface area contributed by atoms with Crippen molar-refractivity contribution in [3.05, 3.63) is 75.1 Å². The molecule has 0 radical (unpaired) electrons. The molecule has 1 saturated heterocycles. The van der Waals surface area contributed by atoms with Gasteiger partial charge in [0.05, 0.1) is 5.56 Å². The van der Waals surface area contributed by atoms with E-state index in [-0.39, 0.29) is 5.56 Å². The Labute approximate surface area is 200 Å². The van der Waals surface area contributed by atoms with E-state index in [1.165, 1.54) is 6.08 Å². The molecule has 12 nitrogen and oxygen atoms in total. The standard InChI is InChI=1S/C22H24N2O10S/c1-4-16-10-24(22(28)23-20(16)27)21-19(32-14(3)26)18(17(33-21)11-31-13(2)25)34-35(29,30)12-15-8-6-5-7-9-15/h4-10,17-19,21H,1,11-12H2,2-3H3,(H,23,27,28)/t17-,18+,19-,21-/m1/s1. The van der Waals surface area contributed by atoms with Crippen molar-refractivity contribution >= 4 is 28.1 Å². The molecule has 4 atom stereocenters. The van der Waals surface area contributed by atoms with E-state index in [4.69, 9.17) is 18.4 Å². The average Bonchev–Trinajstić information content (AvgIpc) is 3.08. The number of benzene rings is 1. The number of aromatic amines is 1. The van der Waals surface area contributed by atoms with Crippen LogP contribution in [-0.2, 0) is 43.9 Å². The smallest absolute Gasteiger partial charge is 0.330 e. The Bertz CT molecular complexity index is 1320. The first kappa shape index (κ1) is 26.1. The number of ether oxygens (including phenoxy) is 3. The summed E-state index contributed by atoms with van der Waals surface area (Å²) in [4.78, 5) is 49.8. The van der Waals surface area contributed by atoms with Gasteiger partial charge in [-0.25, -0.2) is 4.79 Å². The number of hydrogen-bond donors (Lipinski definition) is 1. The van der Waals surface area contributed by atoms with Gasteiger partial charge in [-0.05, 0) is 5.56 Å². The van der Waals surface area contributed by atoms with Gasteiger partial charge in [0.2, 0.25) is 0 Å². The molecule has 0 aliphatic carbocycles. The molecule has 1 aliphatic heterocycles. The van der Waals surface area contributed by atoms with Gasteiger partial charge >= 0.3 is 17.6 Å². The topological polar surface area (TPSA) is 160 Å². The highest BCUT2D eigenvalue weighted by Gasteiger charge is 2.51. The van der Waals surface area contributed by atoms with E-state index in [0.29, 0.717) is 5.56 Å². The number of esters is 2. The summed E-state index contributed by atoms with van der Waals surface area (Å²) in [5.41, 5.74) is -1.18. The van der Waals surface area contributed by atoms with E-state index >= 15 is 0 Å². The molecular weight excluding hydrogens is 484 g/mol. The molecule has 2 heterocycles. The lowest BCUT2D eigenvalue weighted by Gasteiger charge is -2.24. The van der Waals surface area contributed by atoms with Crippen LogP contribution in [0, 0.1) is 0 Å². The molecule has 0 saturated carbocycles. The van der Waals surface area contributed by atoms with E-state index in [9.17, 15) is 27.6 Å². The number of rotatable bonds is 9. The van der Waals surface area contributed by atoms with Crippen molar-refractivity contribution in [1.82, 2.24) is 9.55 Å². The first-order valence-corrected chi connectivity index (χ1v) is 12.0. The van der Waals surface area contributed by atoms with E-state index in [0.717, 1.165) is 24.6 Å². The predicted molar refractivity (Wildman–Crippen MR) is 121 cm³/mol. The van der Waals surface area contributed by atoms with Gasteiger partial charge in [-0.15, -0.1) is 0 Å². The Kier molecular flexibility index (Phi) is 8.04. The van der Waals surface area contributed by atoms with Crippen LogP contribution in [0.1, 0.15) is 31.2 Å². The molecule has 0 amide bonds. The van der Waals surface area contributed by atoms with Crippen molar-refractivity contribution in [1.29, 1.82) is 0 Å². The molecule has 3 rings (SSSR count). The van der Waals surface area contributed by atoms with E-state index in [1.54, 1.807) is 30.3 Å². The summed E-state index contributed by atoms with van der Waals surface area (Å²) in [5, 5.41) is 0. The van der Waals surface area contributed by atoms with Crippen LogP contribution < -0.4 is 11.2 Å². The van der Waals surface area contributed by atoms with Crippen LogP contribution in [0.25, 0.3) is 6.08 Å². The van der Waals surface area contributed by atoms with Crippen LogP contribution in [0.3, 0.4) is 0 Å². The zero-order chi connectivity index (χ0) is 25.8. The number of carbonyl (C=O) groups is 2. The number of hydrogen-bond acceptors (Lipinski definition) is 10. The zero-order valence-electron chi connectivity index (χ0n) is 18.9. The van der Waals surface area contributed by atoms with Crippen LogP contribution in [0.5, 0.6) is 0 Å². The fourth-order valence-electron chi connectivity index (χ4n) is 3.52. The molecule has 1 aromatic carbocycles. The van der Waals surface area contributed by atoms with Crippen molar-refractivity contribution in [2.75, 3.05) is 6.61 Å². The van der Waals surface area contributed by atoms with E-state index in [1.807, 2.05) is 0 Å². The van der Waals surface area contributed by atoms with E-state index in [2.05, 4.69) is 11.6 Å². The largest absolute Gasteiger partial charge is 0.463 e. The molecule has 0 bridgehead atoms. The van der Waals surface area contributed by atoms with Crippen molar-refractivity contribution in [3.63, 3.8) is 0 Å². The summed E-state index contributed by atoms with van der Waals surface area (Å²) in [6, 6.07) is 8.21. The van der Waals surface area contributed by atoms with Crippen LogP contribution in [0.4, 0.5) is 0 Å². The molecule has 188 valence electrons. The molecule has 13 heteroatoms. The monoisotopic (exact) mass is 508 g/mol. The Morgan fingerprint density at radius 2 is 1.83 bits per heavy atom. The van der Waals surface area contributed by atoms with Gasteiger partial charge in [-0.1, -0.05) is 43.0 Å². The van der Waals surface area contributed by atoms with Gasteiger partial charge in [0.25, 0.3) is 15.7 Å². The number of carbonyl (C=O) groups excluding carboxylic acids is 2. The van der Waals surface area contributed by atoms with Gasteiger partial charge in [0.15, 0.2) is 12.3 Å². The van der Waals surface area contributed by atoms with Gasteiger partial charge in [0.1, 0.15) is 24.6 Å². The first-order valence-electron chi connectivity index (χ1n) is 10.4.